The Morgan fingerprint density at radius 3 is 2.88 bits per heavy atom. The van der Waals surface area contributed by atoms with Crippen molar-refractivity contribution >= 4 is 5.78 Å². The van der Waals surface area contributed by atoms with Crippen molar-refractivity contribution in [2.45, 2.75) is 25.3 Å². The van der Waals surface area contributed by atoms with Gasteiger partial charge in [0.05, 0.1) is 0 Å². The third-order valence-electron chi connectivity index (χ3n) is 2.79. The van der Waals surface area contributed by atoms with Gasteiger partial charge in [0.1, 0.15) is 17.4 Å². The van der Waals surface area contributed by atoms with Crippen molar-refractivity contribution in [2.75, 3.05) is 6.54 Å². The molecule has 16 heavy (non-hydrogen) atoms. The first-order chi connectivity index (χ1) is 7.65. The molecule has 1 aromatic rings. The van der Waals surface area contributed by atoms with Crippen molar-refractivity contribution < 1.29 is 13.6 Å². The average molecular weight is 225 g/mol. The summed E-state index contributed by atoms with van der Waals surface area (Å²) in [5, 5.41) is 3.16. The molecule has 86 valence electrons. The van der Waals surface area contributed by atoms with Crippen molar-refractivity contribution in [3.05, 3.63) is 35.4 Å². The summed E-state index contributed by atoms with van der Waals surface area (Å²) in [6.45, 7) is 0.645. The highest BCUT2D eigenvalue weighted by atomic mass is 19.1. The molecule has 2 rings (SSSR count). The van der Waals surface area contributed by atoms with Crippen molar-refractivity contribution in [2.24, 2.45) is 0 Å². The minimum absolute atomic E-state index is 0.0267. The Kier molecular flexibility index (Phi) is 3.29. The molecule has 0 saturated carbocycles. The Hall–Kier alpha value is -1.29. The molecule has 1 fully saturated rings. The molecule has 1 unspecified atom stereocenters. The summed E-state index contributed by atoms with van der Waals surface area (Å²) in [6.07, 6.45) is 1.40. The Balaban J connectivity index is 2.05. The van der Waals surface area contributed by atoms with Crippen LogP contribution in [0.5, 0.6) is 0 Å². The van der Waals surface area contributed by atoms with E-state index < -0.39 is 11.6 Å². The second-order valence-electron chi connectivity index (χ2n) is 4.08. The van der Waals surface area contributed by atoms with Gasteiger partial charge in [0.2, 0.25) is 0 Å². The lowest BCUT2D eigenvalue weighted by molar-refractivity contribution is -0.120. The van der Waals surface area contributed by atoms with Crippen LogP contribution in [0, 0.1) is 11.6 Å². The highest BCUT2D eigenvalue weighted by molar-refractivity contribution is 5.80. The van der Waals surface area contributed by atoms with Crippen LogP contribution in [-0.2, 0) is 11.2 Å². The third-order valence-corrected chi connectivity index (χ3v) is 2.79. The number of piperidine rings is 1. The summed E-state index contributed by atoms with van der Waals surface area (Å²) in [6, 6.07) is 3.52. The molecule has 0 aromatic heterocycles. The van der Waals surface area contributed by atoms with E-state index in [0.29, 0.717) is 31.4 Å². The molecule has 0 bridgehead atoms. The minimum Gasteiger partial charge on any atom is -0.313 e. The molecule has 1 aromatic carbocycles. The lowest BCUT2D eigenvalue weighted by Crippen LogP contribution is -2.39. The van der Waals surface area contributed by atoms with Crippen molar-refractivity contribution in [3.8, 4) is 0 Å². The van der Waals surface area contributed by atoms with Gasteiger partial charge in [0, 0.05) is 31.5 Å². The van der Waals surface area contributed by atoms with Crippen molar-refractivity contribution in [1.29, 1.82) is 0 Å². The fourth-order valence-electron chi connectivity index (χ4n) is 1.96. The first-order valence-electron chi connectivity index (χ1n) is 5.34. The maximum Gasteiger partial charge on any atom is 0.135 e. The first-order valence-corrected chi connectivity index (χ1v) is 5.34. The summed E-state index contributed by atoms with van der Waals surface area (Å²) < 4.78 is 26.0. The molecule has 4 heteroatoms. The van der Waals surface area contributed by atoms with Crippen LogP contribution in [-0.4, -0.2) is 18.4 Å². The molecular weight excluding hydrogens is 212 g/mol. The van der Waals surface area contributed by atoms with E-state index in [4.69, 9.17) is 0 Å². The third kappa shape index (κ3) is 2.64. The normalized spacial score (nSPS) is 21.1. The van der Waals surface area contributed by atoms with Gasteiger partial charge < -0.3 is 5.32 Å². The summed E-state index contributed by atoms with van der Waals surface area (Å²) in [4.78, 5) is 11.2. The van der Waals surface area contributed by atoms with E-state index in [-0.39, 0.29) is 11.8 Å². The Labute approximate surface area is 92.7 Å². The van der Waals surface area contributed by atoms with Crippen LogP contribution in [0.25, 0.3) is 0 Å². The second-order valence-corrected chi connectivity index (χ2v) is 4.08. The lowest BCUT2D eigenvalue weighted by Gasteiger charge is -2.22. The van der Waals surface area contributed by atoms with Crippen LogP contribution < -0.4 is 5.32 Å². The molecule has 2 nitrogen and oxygen atoms in total. The molecule has 1 aliphatic heterocycles. The van der Waals surface area contributed by atoms with Gasteiger partial charge in [0.25, 0.3) is 0 Å². The summed E-state index contributed by atoms with van der Waals surface area (Å²) >= 11 is 0. The number of carbonyl (C=O) groups is 1. The zero-order valence-corrected chi connectivity index (χ0v) is 8.80. The molecule has 0 aliphatic carbocycles. The molecule has 1 aliphatic rings. The number of hydrogen-bond acceptors (Lipinski definition) is 2. The van der Waals surface area contributed by atoms with Crippen LogP contribution in [0.1, 0.15) is 18.4 Å². The number of Topliss-reactive ketones (excluding diaryl/α,β-unsaturated/α-hetero) is 1. The zero-order valence-electron chi connectivity index (χ0n) is 8.80. The molecule has 1 atom stereocenters. The van der Waals surface area contributed by atoms with Gasteiger partial charge in [-0.05, 0) is 18.1 Å². The summed E-state index contributed by atoms with van der Waals surface area (Å²) in [7, 11) is 0. The predicted molar refractivity (Wildman–Crippen MR) is 56.1 cm³/mol. The zero-order chi connectivity index (χ0) is 11.5. The van der Waals surface area contributed by atoms with Gasteiger partial charge in [-0.1, -0.05) is 6.07 Å². The van der Waals surface area contributed by atoms with E-state index in [9.17, 15) is 13.6 Å². The van der Waals surface area contributed by atoms with E-state index >= 15 is 0 Å². The number of benzene rings is 1. The Morgan fingerprint density at radius 2 is 2.19 bits per heavy atom. The minimum atomic E-state index is -0.575. The fraction of sp³-hybridized carbons (Fsp3) is 0.417. The van der Waals surface area contributed by atoms with Crippen molar-refractivity contribution in [1.82, 2.24) is 5.32 Å². The highest BCUT2D eigenvalue weighted by Crippen LogP contribution is 2.15. The van der Waals surface area contributed by atoms with E-state index in [2.05, 4.69) is 5.32 Å². The molecule has 1 N–H and O–H groups in total. The van der Waals surface area contributed by atoms with E-state index in [1.54, 1.807) is 0 Å². The monoisotopic (exact) mass is 225 g/mol. The van der Waals surface area contributed by atoms with Crippen LogP contribution in [0.4, 0.5) is 8.78 Å². The quantitative estimate of drug-likeness (QED) is 0.832. The number of ketones is 1. The number of carbonyl (C=O) groups excluding carboxylic acids is 1. The van der Waals surface area contributed by atoms with Gasteiger partial charge >= 0.3 is 0 Å². The smallest absolute Gasteiger partial charge is 0.135 e. The van der Waals surface area contributed by atoms with Gasteiger partial charge in [-0.15, -0.1) is 0 Å². The average Bonchev–Trinajstić information content (AvgIpc) is 2.22. The molecule has 1 heterocycles. The van der Waals surface area contributed by atoms with Crippen LogP contribution in [0.2, 0.25) is 0 Å². The van der Waals surface area contributed by atoms with E-state index in [0.717, 1.165) is 6.07 Å². The Morgan fingerprint density at radius 1 is 1.38 bits per heavy atom. The lowest BCUT2D eigenvalue weighted by atomic mass is 9.97. The summed E-state index contributed by atoms with van der Waals surface area (Å²) in [5.41, 5.74) is 0.452. The number of hydrogen-bond donors (Lipinski definition) is 1. The van der Waals surface area contributed by atoms with E-state index in [1.807, 2.05) is 0 Å². The maximum atomic E-state index is 13.3. The molecule has 0 spiro atoms. The van der Waals surface area contributed by atoms with E-state index in [1.165, 1.54) is 12.1 Å². The van der Waals surface area contributed by atoms with Crippen LogP contribution >= 0.6 is 0 Å². The predicted octanol–water partition coefficient (Wildman–Crippen LogP) is 1.83. The maximum absolute atomic E-state index is 13.3. The highest BCUT2D eigenvalue weighted by Gasteiger charge is 2.20. The topological polar surface area (TPSA) is 29.1 Å². The molecule has 0 amide bonds. The molecular formula is C12H13F2NO. The number of halogens is 2. The van der Waals surface area contributed by atoms with Crippen LogP contribution in [0.3, 0.4) is 0 Å². The van der Waals surface area contributed by atoms with Gasteiger partial charge in [-0.3, -0.25) is 4.79 Å². The van der Waals surface area contributed by atoms with Gasteiger partial charge in [-0.2, -0.15) is 0 Å². The number of rotatable bonds is 2. The Bertz CT molecular complexity index is 406. The first kappa shape index (κ1) is 11.2. The SMILES string of the molecule is O=C1CCNC(Cc2ccc(F)cc2F)C1. The standard InChI is InChI=1S/C12H13F2NO/c13-9-2-1-8(12(14)6-9)5-10-7-11(16)3-4-15-10/h1-2,6,10,15H,3-5,7H2. The number of nitrogens with one attached hydrogen (secondary N) is 1. The second kappa shape index (κ2) is 4.70. The fourth-order valence-corrected chi connectivity index (χ4v) is 1.96. The summed E-state index contributed by atoms with van der Waals surface area (Å²) in [5.74, 6) is -0.917. The molecule has 0 radical (unpaired) electrons. The van der Waals surface area contributed by atoms with Gasteiger partial charge in [0.15, 0.2) is 0 Å². The van der Waals surface area contributed by atoms with Gasteiger partial charge in [-0.25, -0.2) is 8.78 Å². The largest absolute Gasteiger partial charge is 0.313 e. The molecule has 1 saturated heterocycles. The van der Waals surface area contributed by atoms with Crippen molar-refractivity contribution in [3.63, 3.8) is 0 Å². The van der Waals surface area contributed by atoms with Crippen LogP contribution in [0.15, 0.2) is 18.2 Å².